The lowest BCUT2D eigenvalue weighted by molar-refractivity contribution is -0.115. The lowest BCUT2D eigenvalue weighted by atomic mass is 10.2. The minimum Gasteiger partial charge on any atom is -0.462 e. The van der Waals surface area contributed by atoms with Gasteiger partial charge in [-0.1, -0.05) is 18.7 Å². The first-order chi connectivity index (χ1) is 12.4. The number of hydrogen-bond donors (Lipinski definition) is 2. The molecule has 7 nitrogen and oxygen atoms in total. The number of thioether (sulfide) groups is 1. The van der Waals surface area contributed by atoms with Gasteiger partial charge >= 0.3 is 5.97 Å². The summed E-state index contributed by atoms with van der Waals surface area (Å²) in [6, 6.07) is 5.49. The van der Waals surface area contributed by atoms with E-state index >= 15 is 0 Å². The average molecular weight is 378 g/mol. The third-order valence-electron chi connectivity index (χ3n) is 3.31. The van der Waals surface area contributed by atoms with Crippen LogP contribution in [-0.2, 0) is 9.53 Å². The number of carbonyl (C=O) groups is 2. The summed E-state index contributed by atoms with van der Waals surface area (Å²) >= 11 is 1.13. The number of nitrogens with two attached hydrogens (primary N) is 1. The second-order valence-corrected chi connectivity index (χ2v) is 6.35. The topological polar surface area (TPSA) is 107 Å². The van der Waals surface area contributed by atoms with Crippen molar-refractivity contribution in [3.63, 3.8) is 0 Å². The van der Waals surface area contributed by atoms with Crippen LogP contribution in [0, 0.1) is 5.82 Å². The van der Waals surface area contributed by atoms with Gasteiger partial charge in [-0.05, 0) is 37.6 Å². The van der Waals surface area contributed by atoms with Crippen LogP contribution >= 0.6 is 11.8 Å². The van der Waals surface area contributed by atoms with Gasteiger partial charge in [0.1, 0.15) is 17.2 Å². The van der Waals surface area contributed by atoms with Gasteiger partial charge in [-0.25, -0.2) is 19.2 Å². The van der Waals surface area contributed by atoms with E-state index in [1.54, 1.807) is 6.92 Å². The third kappa shape index (κ3) is 5.16. The molecule has 1 unspecified atom stereocenters. The lowest BCUT2D eigenvalue weighted by Crippen LogP contribution is -2.25. The summed E-state index contributed by atoms with van der Waals surface area (Å²) in [5.41, 5.74) is 6.36. The van der Waals surface area contributed by atoms with E-state index in [1.807, 2.05) is 6.92 Å². The first-order valence-corrected chi connectivity index (χ1v) is 8.85. The molecule has 2 aromatic rings. The van der Waals surface area contributed by atoms with Crippen molar-refractivity contribution in [1.82, 2.24) is 9.97 Å². The maximum atomic E-state index is 12.9. The maximum Gasteiger partial charge on any atom is 0.343 e. The highest BCUT2D eigenvalue weighted by atomic mass is 32.2. The van der Waals surface area contributed by atoms with Crippen molar-refractivity contribution < 1.29 is 18.7 Å². The van der Waals surface area contributed by atoms with E-state index in [0.29, 0.717) is 12.1 Å². The van der Waals surface area contributed by atoms with Gasteiger partial charge in [-0.2, -0.15) is 0 Å². The molecular weight excluding hydrogens is 359 g/mol. The highest BCUT2D eigenvalue weighted by Gasteiger charge is 2.21. The van der Waals surface area contributed by atoms with Crippen molar-refractivity contribution in [2.45, 2.75) is 30.7 Å². The van der Waals surface area contributed by atoms with Gasteiger partial charge in [0.2, 0.25) is 5.91 Å². The molecule has 1 heterocycles. The van der Waals surface area contributed by atoms with E-state index in [9.17, 15) is 14.0 Å². The fourth-order valence-electron chi connectivity index (χ4n) is 2.01. The number of hydrogen-bond acceptors (Lipinski definition) is 7. The van der Waals surface area contributed by atoms with E-state index in [-0.39, 0.29) is 34.9 Å². The molecule has 1 atom stereocenters. The molecule has 0 aliphatic rings. The number of aromatic nitrogens is 2. The van der Waals surface area contributed by atoms with Crippen LogP contribution in [0.2, 0.25) is 0 Å². The van der Waals surface area contributed by atoms with Crippen molar-refractivity contribution >= 4 is 35.1 Å². The zero-order valence-corrected chi connectivity index (χ0v) is 15.2. The number of carbonyl (C=O) groups excluding carboxylic acids is 2. The van der Waals surface area contributed by atoms with Crippen molar-refractivity contribution in [1.29, 1.82) is 0 Å². The van der Waals surface area contributed by atoms with Crippen LogP contribution in [0.3, 0.4) is 0 Å². The molecular formula is C17H19FN4O3S. The van der Waals surface area contributed by atoms with E-state index in [4.69, 9.17) is 10.5 Å². The van der Waals surface area contributed by atoms with Gasteiger partial charge in [-0.3, -0.25) is 4.79 Å². The van der Waals surface area contributed by atoms with Crippen LogP contribution in [0.25, 0.3) is 0 Å². The van der Waals surface area contributed by atoms with Gasteiger partial charge in [0.25, 0.3) is 0 Å². The van der Waals surface area contributed by atoms with Gasteiger partial charge < -0.3 is 15.8 Å². The largest absolute Gasteiger partial charge is 0.462 e. The Bertz CT molecular complexity index is 786. The van der Waals surface area contributed by atoms with E-state index in [0.717, 1.165) is 11.8 Å². The Labute approximate surface area is 154 Å². The number of ether oxygens (including phenoxy) is 1. The first kappa shape index (κ1) is 19.6. The number of halogens is 1. The Morgan fingerprint density at radius 3 is 2.58 bits per heavy atom. The van der Waals surface area contributed by atoms with Crippen molar-refractivity contribution in [3.05, 3.63) is 41.8 Å². The Hall–Kier alpha value is -2.68. The summed E-state index contributed by atoms with van der Waals surface area (Å²) in [5, 5.41) is 2.51. The quantitative estimate of drug-likeness (QED) is 0.433. The van der Waals surface area contributed by atoms with Crippen LogP contribution in [0.1, 0.15) is 30.6 Å². The highest BCUT2D eigenvalue weighted by molar-refractivity contribution is 8.00. The van der Waals surface area contributed by atoms with Crippen LogP contribution in [0.15, 0.2) is 35.6 Å². The Kier molecular flexibility index (Phi) is 6.90. The zero-order valence-electron chi connectivity index (χ0n) is 14.4. The maximum absolute atomic E-state index is 12.9. The molecule has 0 bridgehead atoms. The lowest BCUT2D eigenvalue weighted by Gasteiger charge is -2.14. The fourth-order valence-corrected chi connectivity index (χ4v) is 2.86. The fraction of sp³-hybridized carbons (Fsp3) is 0.294. The summed E-state index contributed by atoms with van der Waals surface area (Å²) in [6.07, 6.45) is 1.80. The number of anilines is 2. The van der Waals surface area contributed by atoms with Crippen molar-refractivity contribution in [2.75, 3.05) is 17.7 Å². The normalized spacial score (nSPS) is 11.7. The molecule has 1 aromatic heterocycles. The number of rotatable bonds is 7. The van der Waals surface area contributed by atoms with Gasteiger partial charge in [0.05, 0.1) is 11.9 Å². The number of nitrogen functional groups attached to an aromatic ring is 1. The smallest absolute Gasteiger partial charge is 0.343 e. The summed E-state index contributed by atoms with van der Waals surface area (Å²) in [7, 11) is 0. The summed E-state index contributed by atoms with van der Waals surface area (Å²) in [5.74, 6) is -1.24. The third-order valence-corrected chi connectivity index (χ3v) is 4.55. The number of esters is 1. The molecule has 0 aliphatic heterocycles. The molecule has 1 aromatic carbocycles. The van der Waals surface area contributed by atoms with Crippen molar-refractivity contribution in [3.8, 4) is 0 Å². The Balaban J connectivity index is 2.06. The number of benzene rings is 1. The molecule has 0 fully saturated rings. The number of nitrogens with zero attached hydrogens (tertiary/aromatic N) is 2. The Morgan fingerprint density at radius 2 is 2.00 bits per heavy atom. The molecule has 26 heavy (non-hydrogen) atoms. The van der Waals surface area contributed by atoms with E-state index < -0.39 is 11.2 Å². The van der Waals surface area contributed by atoms with Crippen LogP contribution in [-0.4, -0.2) is 33.7 Å². The standard InChI is InChI=1S/C17H19FN4O3S/c1-3-13(15(23)21-11-7-5-10(18)6-8-11)26-17-20-9-12(14(19)22-17)16(24)25-4-2/h5-9,13H,3-4H2,1-2H3,(H,21,23)(H2,19,20,22). The summed E-state index contributed by atoms with van der Waals surface area (Å²) < 4.78 is 17.8. The van der Waals surface area contributed by atoms with Crippen LogP contribution in [0.4, 0.5) is 15.9 Å². The predicted octanol–water partition coefficient (Wildman–Crippen LogP) is 2.88. The average Bonchev–Trinajstić information content (AvgIpc) is 2.61. The number of amides is 1. The molecule has 9 heteroatoms. The first-order valence-electron chi connectivity index (χ1n) is 7.97. The molecule has 1 amide bonds. The number of nitrogens with one attached hydrogen (secondary N) is 1. The minimum atomic E-state index is -0.595. The molecule has 3 N–H and O–H groups in total. The predicted molar refractivity (Wildman–Crippen MR) is 97.4 cm³/mol. The second kappa shape index (κ2) is 9.14. The van der Waals surface area contributed by atoms with Crippen LogP contribution in [0.5, 0.6) is 0 Å². The molecule has 0 saturated heterocycles. The molecule has 0 spiro atoms. The monoisotopic (exact) mass is 378 g/mol. The van der Waals surface area contributed by atoms with Gasteiger partial charge in [0.15, 0.2) is 5.16 Å². The highest BCUT2D eigenvalue weighted by Crippen LogP contribution is 2.25. The molecule has 0 radical (unpaired) electrons. The van der Waals surface area contributed by atoms with Crippen molar-refractivity contribution in [2.24, 2.45) is 0 Å². The summed E-state index contributed by atoms with van der Waals surface area (Å²) in [6.45, 7) is 3.75. The zero-order chi connectivity index (χ0) is 19.1. The van der Waals surface area contributed by atoms with E-state index in [1.165, 1.54) is 30.5 Å². The van der Waals surface area contributed by atoms with Gasteiger partial charge in [0, 0.05) is 11.9 Å². The summed E-state index contributed by atoms with van der Waals surface area (Å²) in [4.78, 5) is 32.2. The molecule has 138 valence electrons. The minimum absolute atomic E-state index is 0.00486. The molecule has 0 saturated carbocycles. The second-order valence-electron chi connectivity index (χ2n) is 5.18. The molecule has 2 rings (SSSR count). The van der Waals surface area contributed by atoms with E-state index in [2.05, 4.69) is 15.3 Å². The SMILES string of the molecule is CCOC(=O)c1cnc(SC(CC)C(=O)Nc2ccc(F)cc2)nc1N. The van der Waals surface area contributed by atoms with Gasteiger partial charge in [-0.15, -0.1) is 0 Å². The van der Waals surface area contributed by atoms with Crippen LogP contribution < -0.4 is 11.1 Å². The molecule has 0 aliphatic carbocycles. The Morgan fingerprint density at radius 1 is 1.31 bits per heavy atom.